The van der Waals surface area contributed by atoms with E-state index in [9.17, 15) is 10.2 Å². The molecule has 1 aromatic carbocycles. The van der Waals surface area contributed by atoms with Gasteiger partial charge in [-0.15, -0.1) is 0 Å². The maximum absolute atomic E-state index is 9.34. The second-order valence-corrected chi connectivity index (χ2v) is 4.91. The summed E-state index contributed by atoms with van der Waals surface area (Å²) in [6, 6.07) is 5.37. The lowest BCUT2D eigenvalue weighted by Crippen LogP contribution is -2.31. The standard InChI is InChI=1S/C12H16Cl2O2/c1-2-12(7-15,8-16)6-9-3-4-10(13)11(14)5-9/h3-5,15-16H,2,6-8H2,1H3. The molecule has 0 radical (unpaired) electrons. The molecule has 0 bridgehead atoms. The third kappa shape index (κ3) is 3.11. The van der Waals surface area contributed by atoms with Crippen LogP contribution in [-0.2, 0) is 6.42 Å². The summed E-state index contributed by atoms with van der Waals surface area (Å²) in [6.45, 7) is 1.87. The molecule has 0 aliphatic carbocycles. The minimum Gasteiger partial charge on any atom is -0.396 e. The smallest absolute Gasteiger partial charge is 0.0595 e. The Labute approximate surface area is 106 Å². The van der Waals surface area contributed by atoms with Crippen LogP contribution in [0.1, 0.15) is 18.9 Å². The van der Waals surface area contributed by atoms with E-state index in [1.807, 2.05) is 13.0 Å². The topological polar surface area (TPSA) is 40.5 Å². The molecule has 0 aliphatic rings. The fraction of sp³-hybridized carbons (Fsp3) is 0.500. The SMILES string of the molecule is CCC(CO)(CO)Cc1ccc(Cl)c(Cl)c1. The first kappa shape index (κ1) is 13.8. The zero-order valence-corrected chi connectivity index (χ0v) is 10.7. The van der Waals surface area contributed by atoms with Gasteiger partial charge >= 0.3 is 0 Å². The van der Waals surface area contributed by atoms with Crippen molar-refractivity contribution in [2.24, 2.45) is 5.41 Å². The molecule has 2 N–H and O–H groups in total. The monoisotopic (exact) mass is 262 g/mol. The van der Waals surface area contributed by atoms with Gasteiger partial charge in [0.1, 0.15) is 0 Å². The van der Waals surface area contributed by atoms with Gasteiger partial charge in [-0.25, -0.2) is 0 Å². The summed E-state index contributed by atoms with van der Waals surface area (Å²) in [4.78, 5) is 0. The van der Waals surface area contributed by atoms with E-state index < -0.39 is 5.41 Å². The number of aliphatic hydroxyl groups is 2. The average Bonchev–Trinajstić information content (AvgIpc) is 2.31. The van der Waals surface area contributed by atoms with E-state index in [0.717, 1.165) is 5.56 Å². The molecule has 0 amide bonds. The Morgan fingerprint density at radius 3 is 2.19 bits per heavy atom. The quantitative estimate of drug-likeness (QED) is 0.857. The Morgan fingerprint density at radius 2 is 1.75 bits per heavy atom. The van der Waals surface area contributed by atoms with Crippen LogP contribution < -0.4 is 0 Å². The third-order valence-electron chi connectivity index (χ3n) is 2.98. The minimum atomic E-state index is -0.475. The van der Waals surface area contributed by atoms with Gasteiger partial charge in [-0.05, 0) is 30.5 Å². The second-order valence-electron chi connectivity index (χ2n) is 4.10. The number of aliphatic hydroxyl groups excluding tert-OH is 2. The third-order valence-corrected chi connectivity index (χ3v) is 3.72. The molecular formula is C12H16Cl2O2. The molecule has 1 rings (SSSR count). The predicted octanol–water partition coefficient (Wildman–Crippen LogP) is 2.92. The molecule has 0 aliphatic heterocycles. The van der Waals surface area contributed by atoms with Crippen molar-refractivity contribution in [2.75, 3.05) is 13.2 Å². The number of halogens is 2. The van der Waals surface area contributed by atoms with Gasteiger partial charge in [-0.1, -0.05) is 36.2 Å². The first-order chi connectivity index (χ1) is 7.56. The normalized spacial score (nSPS) is 11.8. The van der Waals surface area contributed by atoms with Crippen LogP contribution in [0.2, 0.25) is 10.0 Å². The van der Waals surface area contributed by atoms with E-state index in [1.54, 1.807) is 12.1 Å². The van der Waals surface area contributed by atoms with Crippen molar-refractivity contribution in [3.8, 4) is 0 Å². The molecule has 0 unspecified atom stereocenters. The van der Waals surface area contributed by atoms with Crippen LogP contribution >= 0.6 is 23.2 Å². The number of hydrogen-bond donors (Lipinski definition) is 2. The molecule has 2 nitrogen and oxygen atoms in total. The molecule has 0 saturated carbocycles. The average molecular weight is 263 g/mol. The Balaban J connectivity index is 2.89. The summed E-state index contributed by atoms with van der Waals surface area (Å²) < 4.78 is 0. The molecular weight excluding hydrogens is 247 g/mol. The van der Waals surface area contributed by atoms with Crippen molar-refractivity contribution in [3.05, 3.63) is 33.8 Å². The van der Waals surface area contributed by atoms with Crippen molar-refractivity contribution < 1.29 is 10.2 Å². The highest BCUT2D eigenvalue weighted by atomic mass is 35.5. The Hall–Kier alpha value is -0.280. The minimum absolute atomic E-state index is 0.0414. The molecule has 0 saturated heterocycles. The van der Waals surface area contributed by atoms with Gasteiger partial charge in [-0.2, -0.15) is 0 Å². The molecule has 0 spiro atoms. The molecule has 0 atom stereocenters. The maximum Gasteiger partial charge on any atom is 0.0595 e. The van der Waals surface area contributed by atoms with Crippen LogP contribution in [0.3, 0.4) is 0 Å². The van der Waals surface area contributed by atoms with Crippen molar-refractivity contribution in [1.29, 1.82) is 0 Å². The molecule has 0 aromatic heterocycles. The molecule has 0 heterocycles. The van der Waals surface area contributed by atoms with Gasteiger partial charge in [-0.3, -0.25) is 0 Å². The summed E-state index contributed by atoms with van der Waals surface area (Å²) >= 11 is 11.7. The highest BCUT2D eigenvalue weighted by molar-refractivity contribution is 6.42. The van der Waals surface area contributed by atoms with Crippen LogP contribution in [0.25, 0.3) is 0 Å². The van der Waals surface area contributed by atoms with Crippen LogP contribution in [0.15, 0.2) is 18.2 Å². The van der Waals surface area contributed by atoms with E-state index in [1.165, 1.54) is 0 Å². The molecule has 0 fully saturated rings. The lowest BCUT2D eigenvalue weighted by molar-refractivity contribution is 0.0514. The van der Waals surface area contributed by atoms with Gasteiger partial charge in [0.15, 0.2) is 0 Å². The van der Waals surface area contributed by atoms with Crippen LogP contribution in [0, 0.1) is 5.41 Å². The Morgan fingerprint density at radius 1 is 1.12 bits per heavy atom. The summed E-state index contributed by atoms with van der Waals surface area (Å²) in [6.07, 6.45) is 1.30. The zero-order chi connectivity index (χ0) is 12.2. The van der Waals surface area contributed by atoms with Crippen molar-refractivity contribution in [2.45, 2.75) is 19.8 Å². The lowest BCUT2D eigenvalue weighted by Gasteiger charge is -2.28. The van der Waals surface area contributed by atoms with Crippen LogP contribution in [0.4, 0.5) is 0 Å². The second kappa shape index (κ2) is 5.87. The molecule has 16 heavy (non-hydrogen) atoms. The van der Waals surface area contributed by atoms with Gasteiger partial charge in [0.05, 0.1) is 23.3 Å². The number of rotatable bonds is 5. The molecule has 1 aromatic rings. The first-order valence-electron chi connectivity index (χ1n) is 5.22. The highest BCUT2D eigenvalue weighted by Crippen LogP contribution is 2.29. The fourth-order valence-electron chi connectivity index (χ4n) is 1.59. The number of benzene rings is 1. The van der Waals surface area contributed by atoms with E-state index in [-0.39, 0.29) is 13.2 Å². The van der Waals surface area contributed by atoms with Crippen molar-refractivity contribution in [1.82, 2.24) is 0 Å². The van der Waals surface area contributed by atoms with Crippen molar-refractivity contribution in [3.63, 3.8) is 0 Å². The lowest BCUT2D eigenvalue weighted by atomic mass is 9.81. The van der Waals surface area contributed by atoms with E-state index in [0.29, 0.717) is 22.9 Å². The number of hydrogen-bond acceptors (Lipinski definition) is 2. The summed E-state index contributed by atoms with van der Waals surface area (Å²) in [5.41, 5.74) is 0.497. The molecule has 4 heteroatoms. The van der Waals surface area contributed by atoms with Gasteiger partial charge in [0.25, 0.3) is 0 Å². The Bertz CT molecular complexity index is 341. The van der Waals surface area contributed by atoms with Crippen LogP contribution in [-0.4, -0.2) is 23.4 Å². The Kier molecular flexibility index (Phi) is 5.06. The summed E-state index contributed by atoms with van der Waals surface area (Å²) in [7, 11) is 0. The summed E-state index contributed by atoms with van der Waals surface area (Å²) in [5.74, 6) is 0. The predicted molar refractivity (Wildman–Crippen MR) is 67.1 cm³/mol. The van der Waals surface area contributed by atoms with Crippen LogP contribution in [0.5, 0.6) is 0 Å². The maximum atomic E-state index is 9.34. The van der Waals surface area contributed by atoms with E-state index in [4.69, 9.17) is 23.2 Å². The van der Waals surface area contributed by atoms with E-state index in [2.05, 4.69) is 0 Å². The highest BCUT2D eigenvalue weighted by Gasteiger charge is 2.27. The largest absolute Gasteiger partial charge is 0.396 e. The summed E-state index contributed by atoms with van der Waals surface area (Å²) in [5, 5.41) is 19.7. The van der Waals surface area contributed by atoms with Gasteiger partial charge < -0.3 is 10.2 Å². The van der Waals surface area contributed by atoms with Crippen molar-refractivity contribution >= 4 is 23.2 Å². The first-order valence-corrected chi connectivity index (χ1v) is 5.98. The fourth-order valence-corrected chi connectivity index (χ4v) is 1.91. The van der Waals surface area contributed by atoms with Gasteiger partial charge in [0.2, 0.25) is 0 Å². The zero-order valence-electron chi connectivity index (χ0n) is 9.21. The van der Waals surface area contributed by atoms with E-state index >= 15 is 0 Å². The van der Waals surface area contributed by atoms with Gasteiger partial charge in [0, 0.05) is 5.41 Å². The molecule has 90 valence electrons.